The van der Waals surface area contributed by atoms with E-state index in [1.54, 1.807) is 23.8 Å². The Balaban J connectivity index is 0.858. The molecule has 0 radical (unpaired) electrons. The molecule has 2 amide bonds. The Morgan fingerprint density at radius 3 is 2.45 bits per heavy atom. The van der Waals surface area contributed by atoms with Crippen molar-refractivity contribution < 1.29 is 41.8 Å². The third-order valence-corrected chi connectivity index (χ3v) is 13.1. The van der Waals surface area contributed by atoms with E-state index in [2.05, 4.69) is 47.2 Å². The number of anilines is 5. The number of amides is 2. The molecular weight excluding hydrogens is 871 g/mol. The summed E-state index contributed by atoms with van der Waals surface area (Å²) in [6, 6.07) is 6.91. The minimum atomic E-state index is -4.72. The van der Waals surface area contributed by atoms with Crippen molar-refractivity contribution >= 4 is 69.5 Å². The maximum Gasteiger partial charge on any atom is 0.417 e. The second kappa shape index (κ2) is 18.6. The summed E-state index contributed by atoms with van der Waals surface area (Å²) in [7, 11) is 3.27. The van der Waals surface area contributed by atoms with E-state index >= 15 is 0 Å². The van der Waals surface area contributed by atoms with Crippen molar-refractivity contribution in [3.8, 4) is 5.88 Å². The first kappa shape index (κ1) is 45.2. The number of hydrogen-bond acceptors (Lipinski definition) is 14. The molecule has 1 aromatic carbocycles. The Hall–Kier alpha value is -6.39. The van der Waals surface area contributed by atoms with E-state index in [1.165, 1.54) is 23.9 Å². The molecule has 4 N–H and O–H groups in total. The molecule has 1 unspecified atom stereocenters. The zero-order valence-corrected chi connectivity index (χ0v) is 36.6. The van der Waals surface area contributed by atoms with Crippen molar-refractivity contribution in [3.63, 3.8) is 0 Å². The molecule has 1 saturated carbocycles. The highest BCUT2D eigenvalue weighted by atomic mass is 35.5. The number of nitrogens with zero attached hydrogens (tertiary/aromatic N) is 7. The van der Waals surface area contributed by atoms with Gasteiger partial charge in [-0.15, -0.1) is 0 Å². The standard InChI is InChI=1S/C44H47ClF3N11O6/c1-26(64-3)39-32(22-49-37-20-36(45)55-59(37)39)54-42(63)53-31-19-27(44(46,47)48)21-50-41(31)65-18-17-57-15-13-43(14-16-57)11-9-28(10-12-43)51-30-5-4-6-35-40(30)56(2)38(25-62)58(35)34-8-7-29(23-60)52-33(34)24-61/h4-6,19-22,26,28,34,51-52H,7-18H2,1-3H3,(H2,53,54,63)/t26-,34?/m0/s1. The van der Waals surface area contributed by atoms with Crippen LogP contribution in [0.25, 0.3) is 5.65 Å². The van der Waals surface area contributed by atoms with Gasteiger partial charge in [0.25, 0.3) is 0 Å². The van der Waals surface area contributed by atoms with Crippen molar-refractivity contribution in [3.05, 3.63) is 76.4 Å². The lowest BCUT2D eigenvalue weighted by atomic mass is 9.67. The summed E-state index contributed by atoms with van der Waals surface area (Å²) in [6.07, 6.45) is 3.44. The lowest BCUT2D eigenvalue weighted by Crippen LogP contribution is -2.44. The second-order valence-electron chi connectivity index (χ2n) is 16.7. The van der Waals surface area contributed by atoms with Crippen LogP contribution < -0.4 is 35.8 Å². The third-order valence-electron chi connectivity index (χ3n) is 13.0. The molecule has 0 bridgehead atoms. The van der Waals surface area contributed by atoms with Crippen LogP contribution in [0.1, 0.15) is 75.7 Å². The first-order chi connectivity index (χ1) is 31.2. The number of pyridine rings is 1. The van der Waals surface area contributed by atoms with E-state index in [0.29, 0.717) is 36.9 Å². The normalized spacial score (nSPS) is 19.3. The smallest absolute Gasteiger partial charge is 0.417 e. The molecule has 4 aromatic rings. The Bertz CT molecular complexity index is 2620. The summed E-state index contributed by atoms with van der Waals surface area (Å²) in [4.78, 5) is 62.9. The van der Waals surface area contributed by atoms with Crippen LogP contribution in [0, 0.1) is 5.41 Å². The second-order valence-corrected chi connectivity index (χ2v) is 17.1. The van der Waals surface area contributed by atoms with Gasteiger partial charge in [0.15, 0.2) is 16.7 Å². The van der Waals surface area contributed by atoms with Gasteiger partial charge >= 0.3 is 12.2 Å². The van der Waals surface area contributed by atoms with E-state index in [1.807, 2.05) is 30.1 Å². The lowest BCUT2D eigenvalue weighted by Gasteiger charge is -2.46. The first-order valence-electron chi connectivity index (χ1n) is 21.3. The van der Waals surface area contributed by atoms with Crippen LogP contribution in [0.3, 0.4) is 0 Å². The number of rotatable bonds is 11. The highest BCUT2D eigenvalue weighted by Gasteiger charge is 2.42. The van der Waals surface area contributed by atoms with Gasteiger partial charge in [0, 0.05) is 45.4 Å². The zero-order chi connectivity index (χ0) is 46.0. The number of piperidine rings is 2. The number of ether oxygens (including phenoxy) is 2. The number of alkyl halides is 3. The molecular formula is C44H47ClF3N11O6. The van der Waals surface area contributed by atoms with E-state index in [-0.39, 0.29) is 57.7 Å². The number of halogens is 4. The van der Waals surface area contributed by atoms with Gasteiger partial charge in [0.1, 0.15) is 35.6 Å². The number of benzene rings is 1. The van der Waals surface area contributed by atoms with Crippen LogP contribution in [0.2, 0.25) is 5.15 Å². The maximum absolute atomic E-state index is 13.8. The monoisotopic (exact) mass is 917 g/mol. The molecule has 2 atom stereocenters. The van der Waals surface area contributed by atoms with Crippen molar-refractivity contribution in [1.29, 1.82) is 0 Å². The molecule has 17 nitrogen and oxygen atoms in total. The number of aromatic nitrogens is 4. The summed E-state index contributed by atoms with van der Waals surface area (Å²) in [5.41, 5.74) is 2.73. The van der Waals surface area contributed by atoms with Crippen LogP contribution in [-0.2, 0) is 25.3 Å². The number of carbonyl (C=O) groups is 1. The van der Waals surface area contributed by atoms with Crippen LogP contribution in [0.15, 0.2) is 59.9 Å². The van der Waals surface area contributed by atoms with Gasteiger partial charge in [0.2, 0.25) is 11.7 Å². The van der Waals surface area contributed by atoms with Crippen LogP contribution in [0.4, 0.5) is 46.4 Å². The number of allylic oxidation sites excluding steroid dienone is 1. The maximum atomic E-state index is 13.8. The number of nitrogens with one attached hydrogen (secondary N) is 4. The number of carbonyl (C=O) groups excluding carboxylic acids is 4. The van der Waals surface area contributed by atoms with Crippen molar-refractivity contribution in [2.75, 3.05) is 66.1 Å². The summed E-state index contributed by atoms with van der Waals surface area (Å²) in [5, 5.41) is 16.1. The summed E-state index contributed by atoms with van der Waals surface area (Å²) >= 11 is 6.09. The molecule has 1 spiro atoms. The number of likely N-dealkylation sites (tertiary alicyclic amines) is 1. The van der Waals surface area contributed by atoms with Gasteiger partial charge < -0.3 is 40.5 Å². The summed E-state index contributed by atoms with van der Waals surface area (Å²) in [5.74, 6) is 5.90. The average molecular weight is 918 g/mol. The van der Waals surface area contributed by atoms with E-state index in [4.69, 9.17) is 21.1 Å². The molecule has 3 aliphatic heterocycles. The van der Waals surface area contributed by atoms with Gasteiger partial charge in [-0.2, -0.15) is 18.3 Å². The van der Waals surface area contributed by atoms with Gasteiger partial charge in [-0.05, 0) is 88.6 Å². The molecule has 4 aliphatic rings. The quantitative estimate of drug-likeness (QED) is 0.115. The van der Waals surface area contributed by atoms with Crippen molar-refractivity contribution in [2.24, 2.45) is 5.41 Å². The van der Waals surface area contributed by atoms with Crippen molar-refractivity contribution in [1.82, 2.24) is 29.8 Å². The molecule has 342 valence electrons. The average Bonchev–Trinajstić information content (AvgIpc) is 3.83. The first-order valence-corrected chi connectivity index (χ1v) is 21.6. The Morgan fingerprint density at radius 1 is 1.00 bits per heavy atom. The van der Waals surface area contributed by atoms with Crippen molar-refractivity contribution in [2.45, 2.75) is 82.7 Å². The van der Waals surface area contributed by atoms with Crippen LogP contribution in [0.5, 0.6) is 5.88 Å². The fourth-order valence-corrected chi connectivity index (χ4v) is 9.57. The molecule has 3 fully saturated rings. The van der Waals surface area contributed by atoms with E-state index in [0.717, 1.165) is 74.7 Å². The summed E-state index contributed by atoms with van der Waals surface area (Å²) < 4.78 is 54.1. The molecule has 3 aromatic heterocycles. The highest BCUT2D eigenvalue weighted by Crippen LogP contribution is 2.50. The largest absolute Gasteiger partial charge is 0.475 e. The summed E-state index contributed by atoms with van der Waals surface area (Å²) in [6.45, 7) is 4.00. The van der Waals surface area contributed by atoms with Crippen LogP contribution in [-0.4, -0.2) is 101 Å². The number of urea groups is 1. The van der Waals surface area contributed by atoms with E-state index in [9.17, 15) is 32.3 Å². The van der Waals surface area contributed by atoms with Crippen LogP contribution >= 0.6 is 11.6 Å². The minimum Gasteiger partial charge on any atom is -0.475 e. The number of methoxy groups -OCH3 is 1. The highest BCUT2D eigenvalue weighted by molar-refractivity contribution is 6.29. The predicted molar refractivity (Wildman–Crippen MR) is 236 cm³/mol. The predicted octanol–water partition coefficient (Wildman–Crippen LogP) is 6.78. The molecule has 6 heterocycles. The van der Waals surface area contributed by atoms with Gasteiger partial charge in [0.05, 0.1) is 52.3 Å². The lowest BCUT2D eigenvalue weighted by molar-refractivity contribution is -0.137. The molecule has 1 aliphatic carbocycles. The molecule has 65 heavy (non-hydrogen) atoms. The fraction of sp³-hybridized carbons (Fsp3) is 0.455. The Labute approximate surface area is 376 Å². The number of hydrogen-bond donors (Lipinski definition) is 4. The third kappa shape index (κ3) is 9.27. The van der Waals surface area contributed by atoms with Gasteiger partial charge in [-0.25, -0.2) is 33.7 Å². The Kier molecular flexibility index (Phi) is 12.9. The molecule has 2 saturated heterocycles. The SMILES string of the molecule is CO[C@@H](C)c1c(NC(=O)Nc2cc(C(F)(F)F)cnc2OCCN2CCC3(CCC(Nc4cccc5c4N(C)C(=C=O)N5C4CCC(=C=O)NC4=C=O)CC3)CC2)cnc2cc(Cl)nn12. The van der Waals surface area contributed by atoms with E-state index < -0.39 is 29.9 Å². The fourth-order valence-electron chi connectivity index (χ4n) is 9.40. The number of fused-ring (bicyclic) bond motifs is 2. The minimum absolute atomic E-state index is 0.124. The molecule has 21 heteroatoms. The Morgan fingerprint density at radius 2 is 1.75 bits per heavy atom. The zero-order valence-electron chi connectivity index (χ0n) is 35.9. The number of para-hydroxylation sites is 1. The van der Waals surface area contributed by atoms with Gasteiger partial charge in [-0.1, -0.05) is 17.7 Å². The van der Waals surface area contributed by atoms with Gasteiger partial charge in [-0.3, -0.25) is 4.90 Å². The molecule has 8 rings (SSSR count). The topological polar surface area (TPSA) is 188 Å².